The highest BCUT2D eigenvalue weighted by Crippen LogP contribution is 2.21. The summed E-state index contributed by atoms with van der Waals surface area (Å²) in [4.78, 5) is 16.4. The average Bonchev–Trinajstić information content (AvgIpc) is 2.46. The zero-order valence-electron chi connectivity index (χ0n) is 12.1. The summed E-state index contributed by atoms with van der Waals surface area (Å²) in [6, 6.07) is 7.73. The fourth-order valence-electron chi connectivity index (χ4n) is 2.37. The second kappa shape index (κ2) is 6.46. The Labute approximate surface area is 125 Å². The minimum Gasteiger partial charge on any atom is -0.368 e. The van der Waals surface area contributed by atoms with Crippen molar-refractivity contribution < 1.29 is 4.79 Å². The first-order valence-corrected chi connectivity index (χ1v) is 7.41. The summed E-state index contributed by atoms with van der Waals surface area (Å²) in [6.45, 7) is 6.92. The Hall–Kier alpha value is -1.26. The van der Waals surface area contributed by atoms with Crippen molar-refractivity contribution in [3.05, 3.63) is 29.3 Å². The smallest absolute Gasteiger partial charge is 0.227 e. The molecule has 1 aliphatic rings. The highest BCUT2D eigenvalue weighted by atomic mass is 35.5. The third-order valence-electron chi connectivity index (χ3n) is 3.94. The van der Waals surface area contributed by atoms with Crippen molar-refractivity contribution in [3.63, 3.8) is 0 Å². The fourth-order valence-corrected chi connectivity index (χ4v) is 2.56. The van der Waals surface area contributed by atoms with Gasteiger partial charge in [-0.25, -0.2) is 0 Å². The van der Waals surface area contributed by atoms with Crippen LogP contribution in [-0.2, 0) is 4.79 Å². The van der Waals surface area contributed by atoms with Gasteiger partial charge in [0.25, 0.3) is 0 Å². The lowest BCUT2D eigenvalue weighted by Gasteiger charge is -2.37. The number of nitrogens with two attached hydrogens (primary N) is 1. The Bertz CT molecular complexity index is 470. The Morgan fingerprint density at radius 1 is 1.25 bits per heavy atom. The summed E-state index contributed by atoms with van der Waals surface area (Å²) in [5.74, 6) is 0.0402. The zero-order valence-corrected chi connectivity index (χ0v) is 12.8. The summed E-state index contributed by atoms with van der Waals surface area (Å²) >= 11 is 6.01. The number of carbonyl (C=O) groups excluding carboxylic acids is 1. The molecule has 1 aliphatic heterocycles. The topological polar surface area (TPSA) is 49.6 Å². The summed E-state index contributed by atoms with van der Waals surface area (Å²) in [5.41, 5.74) is 6.92. The van der Waals surface area contributed by atoms with E-state index in [1.54, 1.807) is 0 Å². The number of nitrogens with zero attached hydrogens (tertiary/aromatic N) is 2. The molecule has 2 N–H and O–H groups in total. The molecular formula is C15H22ClN3O. The van der Waals surface area contributed by atoms with Crippen molar-refractivity contribution in [2.24, 2.45) is 11.7 Å². The van der Waals surface area contributed by atoms with Crippen molar-refractivity contribution in [1.29, 1.82) is 0 Å². The number of carbonyl (C=O) groups is 1. The van der Waals surface area contributed by atoms with Crippen LogP contribution in [0.5, 0.6) is 0 Å². The van der Waals surface area contributed by atoms with Gasteiger partial charge in [-0.1, -0.05) is 24.6 Å². The maximum atomic E-state index is 12.2. The number of amides is 1. The number of rotatable bonds is 3. The molecule has 4 nitrogen and oxygen atoms in total. The van der Waals surface area contributed by atoms with Gasteiger partial charge in [0.2, 0.25) is 5.91 Å². The van der Waals surface area contributed by atoms with Crippen LogP contribution in [0.2, 0.25) is 5.02 Å². The van der Waals surface area contributed by atoms with Crippen LogP contribution < -0.4 is 10.6 Å². The number of piperazine rings is 1. The molecule has 0 aliphatic carbocycles. The van der Waals surface area contributed by atoms with E-state index in [0.717, 1.165) is 36.9 Å². The van der Waals surface area contributed by atoms with Crippen LogP contribution in [0.15, 0.2) is 24.3 Å². The molecule has 2 atom stereocenters. The maximum absolute atomic E-state index is 12.2. The van der Waals surface area contributed by atoms with E-state index in [-0.39, 0.29) is 17.9 Å². The second-order valence-corrected chi connectivity index (χ2v) is 5.88. The zero-order chi connectivity index (χ0) is 14.7. The van der Waals surface area contributed by atoms with Gasteiger partial charge in [0.05, 0.1) is 5.92 Å². The van der Waals surface area contributed by atoms with Gasteiger partial charge < -0.3 is 15.5 Å². The monoisotopic (exact) mass is 295 g/mol. The summed E-state index contributed by atoms with van der Waals surface area (Å²) in [7, 11) is 0. The highest BCUT2D eigenvalue weighted by molar-refractivity contribution is 6.30. The van der Waals surface area contributed by atoms with E-state index in [9.17, 15) is 4.79 Å². The van der Waals surface area contributed by atoms with E-state index in [2.05, 4.69) is 4.90 Å². The molecule has 0 radical (unpaired) electrons. The van der Waals surface area contributed by atoms with Gasteiger partial charge in [0.15, 0.2) is 0 Å². The third kappa shape index (κ3) is 3.44. The lowest BCUT2D eigenvalue weighted by atomic mass is 10.0. The Kier molecular flexibility index (Phi) is 4.89. The molecule has 110 valence electrons. The average molecular weight is 296 g/mol. The van der Waals surface area contributed by atoms with Gasteiger partial charge in [-0.05, 0) is 25.1 Å². The van der Waals surface area contributed by atoms with Crippen LogP contribution >= 0.6 is 11.6 Å². The van der Waals surface area contributed by atoms with Gasteiger partial charge in [-0.2, -0.15) is 0 Å². The number of benzene rings is 1. The standard InChI is InChI=1S/C15H22ClN3O/c1-11(12(2)17)15(20)19-8-6-18(7-9-19)14-5-3-4-13(16)10-14/h3-5,10-12H,6-9,17H2,1-2H3. The lowest BCUT2D eigenvalue weighted by molar-refractivity contribution is -0.135. The SMILES string of the molecule is CC(N)C(C)C(=O)N1CCN(c2cccc(Cl)c2)CC1. The Morgan fingerprint density at radius 3 is 2.45 bits per heavy atom. The maximum Gasteiger partial charge on any atom is 0.227 e. The molecule has 1 amide bonds. The molecule has 1 saturated heterocycles. The minimum absolute atomic E-state index is 0.103. The summed E-state index contributed by atoms with van der Waals surface area (Å²) in [5, 5.41) is 0.742. The van der Waals surface area contributed by atoms with E-state index in [1.165, 1.54) is 0 Å². The molecule has 5 heteroatoms. The molecule has 0 bridgehead atoms. The van der Waals surface area contributed by atoms with Crippen molar-refractivity contribution in [2.75, 3.05) is 31.1 Å². The minimum atomic E-state index is -0.118. The van der Waals surface area contributed by atoms with E-state index in [4.69, 9.17) is 17.3 Å². The first-order valence-electron chi connectivity index (χ1n) is 7.04. The van der Waals surface area contributed by atoms with Crippen LogP contribution in [0.1, 0.15) is 13.8 Å². The predicted octanol–water partition coefficient (Wildman–Crippen LogP) is 1.97. The largest absolute Gasteiger partial charge is 0.368 e. The predicted molar refractivity (Wildman–Crippen MR) is 83.1 cm³/mol. The van der Waals surface area contributed by atoms with Crippen molar-refractivity contribution in [2.45, 2.75) is 19.9 Å². The quantitative estimate of drug-likeness (QED) is 0.927. The van der Waals surface area contributed by atoms with E-state index in [1.807, 2.05) is 43.0 Å². The van der Waals surface area contributed by atoms with Crippen molar-refractivity contribution in [3.8, 4) is 0 Å². The Balaban J connectivity index is 1.94. The van der Waals surface area contributed by atoms with Gasteiger partial charge in [-0.15, -0.1) is 0 Å². The molecule has 0 aromatic heterocycles. The third-order valence-corrected chi connectivity index (χ3v) is 4.18. The first kappa shape index (κ1) is 15.1. The van der Waals surface area contributed by atoms with Crippen LogP contribution in [0.4, 0.5) is 5.69 Å². The van der Waals surface area contributed by atoms with Crippen LogP contribution in [0.3, 0.4) is 0 Å². The first-order chi connectivity index (χ1) is 9.49. The molecule has 2 rings (SSSR count). The Morgan fingerprint density at radius 2 is 1.90 bits per heavy atom. The van der Waals surface area contributed by atoms with Crippen LogP contribution in [0, 0.1) is 5.92 Å². The van der Waals surface area contributed by atoms with E-state index >= 15 is 0 Å². The van der Waals surface area contributed by atoms with E-state index < -0.39 is 0 Å². The summed E-state index contributed by atoms with van der Waals surface area (Å²) in [6.07, 6.45) is 0. The number of halogens is 1. The summed E-state index contributed by atoms with van der Waals surface area (Å²) < 4.78 is 0. The normalized spacial score (nSPS) is 18.8. The second-order valence-electron chi connectivity index (χ2n) is 5.44. The van der Waals surface area contributed by atoms with Gasteiger partial charge >= 0.3 is 0 Å². The van der Waals surface area contributed by atoms with Crippen molar-refractivity contribution >= 4 is 23.2 Å². The van der Waals surface area contributed by atoms with Gasteiger partial charge in [0, 0.05) is 42.9 Å². The highest BCUT2D eigenvalue weighted by Gasteiger charge is 2.26. The molecule has 1 aromatic carbocycles. The van der Waals surface area contributed by atoms with Gasteiger partial charge in [0.1, 0.15) is 0 Å². The molecule has 0 saturated carbocycles. The molecule has 2 unspecified atom stereocenters. The van der Waals surface area contributed by atoms with E-state index in [0.29, 0.717) is 0 Å². The number of anilines is 1. The molecular weight excluding hydrogens is 274 g/mol. The number of hydrogen-bond donors (Lipinski definition) is 1. The van der Waals surface area contributed by atoms with Crippen LogP contribution in [-0.4, -0.2) is 43.0 Å². The van der Waals surface area contributed by atoms with Crippen molar-refractivity contribution in [1.82, 2.24) is 4.90 Å². The van der Waals surface area contributed by atoms with Crippen LogP contribution in [0.25, 0.3) is 0 Å². The molecule has 1 heterocycles. The fraction of sp³-hybridized carbons (Fsp3) is 0.533. The molecule has 20 heavy (non-hydrogen) atoms. The lowest BCUT2D eigenvalue weighted by Crippen LogP contribution is -2.52. The molecule has 1 aromatic rings. The molecule has 0 spiro atoms. The van der Waals surface area contributed by atoms with Gasteiger partial charge in [-0.3, -0.25) is 4.79 Å². The molecule has 1 fully saturated rings. The number of hydrogen-bond acceptors (Lipinski definition) is 3.